The Balaban J connectivity index is 1.80. The highest BCUT2D eigenvalue weighted by molar-refractivity contribution is 7.13. The van der Waals surface area contributed by atoms with Gasteiger partial charge in [-0.3, -0.25) is 4.79 Å². The number of oxime groups is 1. The fraction of sp³-hybridized carbons (Fsp3) is 0.294. The summed E-state index contributed by atoms with van der Waals surface area (Å²) in [6.45, 7) is -0.376. The summed E-state index contributed by atoms with van der Waals surface area (Å²) in [7, 11) is -1.37. The number of rotatable bonds is 8. The molecule has 0 amide bonds. The summed E-state index contributed by atoms with van der Waals surface area (Å²) < 4.78 is 5.41. The van der Waals surface area contributed by atoms with Gasteiger partial charge in [0, 0.05) is 17.6 Å². The quantitative estimate of drug-likeness (QED) is 0.207. The maximum absolute atomic E-state index is 12.8. The molecule has 3 rings (SSSR count). The number of nitrogens with zero attached hydrogens (tertiary/aromatic N) is 2. The number of nitrogens with two attached hydrogens (primary N) is 1. The number of benzene rings is 1. The van der Waals surface area contributed by atoms with Crippen LogP contribution in [0.15, 0.2) is 28.7 Å². The number of thiazole rings is 1. The van der Waals surface area contributed by atoms with E-state index in [1.807, 2.05) is 0 Å². The van der Waals surface area contributed by atoms with E-state index in [9.17, 15) is 19.7 Å². The molecular formula is C17H18BN3O7S. The molecule has 1 aromatic carbocycles. The summed E-state index contributed by atoms with van der Waals surface area (Å²) >= 11 is 1.13. The van der Waals surface area contributed by atoms with Crippen molar-refractivity contribution in [1.82, 2.24) is 4.98 Å². The number of aliphatic hydroxyl groups is 1. The Kier molecular flexibility index (Phi) is 6.47. The zero-order valence-electron chi connectivity index (χ0n) is 15.1. The molecule has 0 saturated carbocycles. The molecule has 0 bridgehead atoms. The molecule has 29 heavy (non-hydrogen) atoms. The molecule has 2 heterocycles. The lowest BCUT2D eigenvalue weighted by atomic mass is 9.64. The molecule has 10 nitrogen and oxygen atoms in total. The number of para-hydroxylation sites is 1. The molecule has 5 N–H and O–H groups in total. The standard InChI is InChI=1S/C17H18BN3O7S/c19-17-20-12(8-29-17)14(21-27-5-4-22)13(23)7-10-6-9-2-1-3-11(16(24)25)15(9)28-18(10)26/h1-3,8,10,22,26H,4-7H2,(H2,19,20)(H,24,25)/b21-14-/t10-/m1/s1. The predicted molar refractivity (Wildman–Crippen MR) is 105 cm³/mol. The van der Waals surface area contributed by atoms with E-state index in [4.69, 9.17) is 20.3 Å². The number of carboxylic acids is 1. The molecule has 0 spiro atoms. The van der Waals surface area contributed by atoms with Crippen LogP contribution in [0.1, 0.15) is 28.0 Å². The van der Waals surface area contributed by atoms with Crippen molar-refractivity contribution < 1.29 is 34.3 Å². The summed E-state index contributed by atoms with van der Waals surface area (Å²) in [4.78, 5) is 33.1. The number of carboxylic acid groups (broad SMARTS) is 1. The van der Waals surface area contributed by atoms with Crippen LogP contribution >= 0.6 is 11.3 Å². The van der Waals surface area contributed by atoms with Gasteiger partial charge in [-0.2, -0.15) is 0 Å². The number of aliphatic hydroxyl groups excluding tert-OH is 1. The van der Waals surface area contributed by atoms with Gasteiger partial charge >= 0.3 is 13.1 Å². The Morgan fingerprint density at radius 2 is 2.24 bits per heavy atom. The van der Waals surface area contributed by atoms with Crippen molar-refractivity contribution in [2.45, 2.75) is 18.7 Å². The average Bonchev–Trinajstić information content (AvgIpc) is 3.11. The molecule has 12 heteroatoms. The molecule has 0 aliphatic carbocycles. The highest BCUT2D eigenvalue weighted by Gasteiger charge is 2.38. The lowest BCUT2D eigenvalue weighted by Crippen LogP contribution is -2.37. The Morgan fingerprint density at radius 1 is 1.45 bits per heavy atom. The van der Waals surface area contributed by atoms with Gasteiger partial charge in [0.25, 0.3) is 0 Å². The Bertz CT molecular complexity index is 949. The molecule has 1 aromatic heterocycles. The van der Waals surface area contributed by atoms with Gasteiger partial charge < -0.3 is 30.5 Å². The minimum absolute atomic E-state index is 0.0519. The molecule has 1 atom stereocenters. The van der Waals surface area contributed by atoms with Gasteiger partial charge in [0.2, 0.25) is 0 Å². The second kappa shape index (κ2) is 9.03. The molecular weight excluding hydrogens is 401 g/mol. The fourth-order valence-corrected chi connectivity index (χ4v) is 3.50. The minimum atomic E-state index is -1.37. The average molecular weight is 419 g/mol. The first-order chi connectivity index (χ1) is 13.9. The van der Waals surface area contributed by atoms with Gasteiger partial charge in [0.1, 0.15) is 18.1 Å². The molecule has 0 fully saturated rings. The lowest BCUT2D eigenvalue weighted by molar-refractivity contribution is -0.113. The van der Waals surface area contributed by atoms with Crippen molar-refractivity contribution in [3.8, 4) is 5.75 Å². The number of hydrogen-bond acceptors (Lipinski definition) is 10. The summed E-state index contributed by atoms with van der Waals surface area (Å²) in [5.74, 6) is -2.15. The third-order valence-electron chi connectivity index (χ3n) is 4.27. The Labute approximate surface area is 169 Å². The van der Waals surface area contributed by atoms with Crippen LogP contribution in [0.5, 0.6) is 5.75 Å². The van der Waals surface area contributed by atoms with Gasteiger partial charge in [0.05, 0.1) is 12.2 Å². The Hall–Kier alpha value is -2.96. The minimum Gasteiger partial charge on any atom is -0.535 e. The van der Waals surface area contributed by atoms with Crippen LogP contribution in [0, 0.1) is 0 Å². The van der Waals surface area contributed by atoms with Crippen LogP contribution < -0.4 is 10.4 Å². The van der Waals surface area contributed by atoms with Crippen molar-refractivity contribution in [1.29, 1.82) is 0 Å². The number of hydrogen-bond donors (Lipinski definition) is 4. The first-order valence-electron chi connectivity index (χ1n) is 8.66. The van der Waals surface area contributed by atoms with E-state index in [-0.39, 0.29) is 53.9 Å². The van der Waals surface area contributed by atoms with Crippen LogP contribution in [0.2, 0.25) is 5.82 Å². The zero-order chi connectivity index (χ0) is 21.0. The predicted octanol–water partition coefficient (Wildman–Crippen LogP) is 0.581. The van der Waals surface area contributed by atoms with E-state index in [1.54, 1.807) is 17.5 Å². The number of carbonyl (C=O) groups excluding carboxylic acids is 1. The number of carbonyl (C=O) groups is 2. The Morgan fingerprint density at radius 3 is 2.90 bits per heavy atom. The summed E-state index contributed by atoms with van der Waals surface area (Å²) in [6, 6.07) is 4.65. The van der Waals surface area contributed by atoms with E-state index in [2.05, 4.69) is 10.1 Å². The van der Waals surface area contributed by atoms with E-state index < -0.39 is 24.7 Å². The molecule has 1 aliphatic heterocycles. The first kappa shape index (κ1) is 20.8. The van der Waals surface area contributed by atoms with Gasteiger partial charge in [-0.1, -0.05) is 17.3 Å². The van der Waals surface area contributed by atoms with Crippen LogP contribution in [0.25, 0.3) is 0 Å². The summed E-state index contributed by atoms with van der Waals surface area (Å²) in [5, 5.41) is 34.0. The largest absolute Gasteiger partial charge is 0.535 e. The molecule has 152 valence electrons. The highest BCUT2D eigenvalue weighted by Crippen LogP contribution is 2.36. The molecule has 0 unspecified atom stereocenters. The zero-order valence-corrected chi connectivity index (χ0v) is 16.0. The number of aromatic carboxylic acids is 1. The smallest absolute Gasteiger partial charge is 0.526 e. The first-order valence-corrected chi connectivity index (χ1v) is 9.54. The van der Waals surface area contributed by atoms with E-state index in [1.165, 1.54) is 6.07 Å². The van der Waals surface area contributed by atoms with Gasteiger partial charge in [-0.25, -0.2) is 9.78 Å². The topological polar surface area (TPSA) is 165 Å². The van der Waals surface area contributed by atoms with Crippen molar-refractivity contribution in [3.05, 3.63) is 40.4 Å². The number of fused-ring (bicyclic) bond motifs is 1. The van der Waals surface area contributed by atoms with Crippen molar-refractivity contribution in [2.24, 2.45) is 5.16 Å². The van der Waals surface area contributed by atoms with Crippen LogP contribution in [0.4, 0.5) is 5.13 Å². The van der Waals surface area contributed by atoms with Crippen LogP contribution in [-0.4, -0.2) is 58.0 Å². The SMILES string of the molecule is Nc1nc(/C(=N/OCCO)C(=O)C[C@H]2Cc3cccc(C(=O)O)c3OB2O)cs1. The third-order valence-corrected chi connectivity index (χ3v) is 4.94. The molecule has 2 aromatic rings. The highest BCUT2D eigenvalue weighted by atomic mass is 32.1. The van der Waals surface area contributed by atoms with Gasteiger partial charge in [-0.15, -0.1) is 11.3 Å². The van der Waals surface area contributed by atoms with Gasteiger partial charge in [-0.05, 0) is 18.1 Å². The lowest BCUT2D eigenvalue weighted by Gasteiger charge is -2.27. The van der Waals surface area contributed by atoms with E-state index in [0.29, 0.717) is 5.56 Å². The third kappa shape index (κ3) is 4.73. The molecule has 1 aliphatic rings. The van der Waals surface area contributed by atoms with E-state index in [0.717, 1.165) is 11.3 Å². The number of aromatic nitrogens is 1. The molecule has 0 saturated heterocycles. The number of ketones is 1. The van der Waals surface area contributed by atoms with Gasteiger partial charge in [0.15, 0.2) is 16.6 Å². The number of anilines is 1. The number of nitrogen functional groups attached to an aromatic ring is 1. The second-order valence-corrected chi connectivity index (χ2v) is 7.16. The molecule has 0 radical (unpaired) electrons. The van der Waals surface area contributed by atoms with Crippen molar-refractivity contribution in [2.75, 3.05) is 18.9 Å². The normalized spacial score (nSPS) is 16.1. The summed E-state index contributed by atoms with van der Waals surface area (Å²) in [6.07, 6.45) is 0.101. The summed E-state index contributed by atoms with van der Waals surface area (Å²) in [5.41, 5.74) is 6.31. The monoisotopic (exact) mass is 419 g/mol. The maximum atomic E-state index is 12.8. The van der Waals surface area contributed by atoms with E-state index >= 15 is 0 Å². The van der Waals surface area contributed by atoms with Crippen LogP contribution in [0.3, 0.4) is 0 Å². The van der Waals surface area contributed by atoms with Crippen LogP contribution in [-0.2, 0) is 16.1 Å². The van der Waals surface area contributed by atoms with Crippen molar-refractivity contribution >= 4 is 41.1 Å². The number of Topliss-reactive ketones (excluding diaryl/α,β-unsaturated/α-hetero) is 1. The van der Waals surface area contributed by atoms with Crippen molar-refractivity contribution in [3.63, 3.8) is 0 Å². The fourth-order valence-electron chi connectivity index (χ4n) is 2.95. The maximum Gasteiger partial charge on any atom is 0.526 e. The second-order valence-electron chi connectivity index (χ2n) is 6.27.